The molecule has 0 N–H and O–H groups in total. The molecule has 30 heavy (non-hydrogen) atoms. The summed E-state index contributed by atoms with van der Waals surface area (Å²) in [4.78, 5) is 21.3. The predicted molar refractivity (Wildman–Crippen MR) is 120 cm³/mol. The molecule has 0 bridgehead atoms. The van der Waals surface area contributed by atoms with Crippen molar-refractivity contribution in [2.75, 3.05) is 52.4 Å². The van der Waals surface area contributed by atoms with Gasteiger partial charge in [0.2, 0.25) is 0 Å². The molecule has 2 saturated heterocycles. The van der Waals surface area contributed by atoms with Crippen molar-refractivity contribution in [1.29, 1.82) is 0 Å². The highest BCUT2D eigenvalue weighted by Crippen LogP contribution is 2.29. The Bertz CT molecular complexity index is 835. The zero-order valence-corrected chi connectivity index (χ0v) is 18.9. The SMILES string of the molecule is Cc1noc(C)c1CSc1ccccc1C(=O)N1CCN(CCN2CCCC2)CC1. The Balaban J connectivity index is 1.32. The Morgan fingerprint density at radius 1 is 1.00 bits per heavy atom. The third kappa shape index (κ3) is 5.07. The van der Waals surface area contributed by atoms with Crippen molar-refractivity contribution in [3.8, 4) is 0 Å². The van der Waals surface area contributed by atoms with Gasteiger partial charge in [-0.3, -0.25) is 9.69 Å². The largest absolute Gasteiger partial charge is 0.361 e. The fourth-order valence-electron chi connectivity index (χ4n) is 4.26. The molecular weight excluding hydrogens is 396 g/mol. The average molecular weight is 429 g/mol. The molecule has 162 valence electrons. The van der Waals surface area contributed by atoms with Crippen LogP contribution >= 0.6 is 11.8 Å². The first-order chi connectivity index (χ1) is 14.6. The second kappa shape index (κ2) is 9.98. The van der Waals surface area contributed by atoms with Gasteiger partial charge in [-0.2, -0.15) is 0 Å². The highest BCUT2D eigenvalue weighted by molar-refractivity contribution is 7.98. The van der Waals surface area contributed by atoms with Gasteiger partial charge in [-0.1, -0.05) is 17.3 Å². The Morgan fingerprint density at radius 3 is 2.33 bits per heavy atom. The molecule has 1 aromatic carbocycles. The van der Waals surface area contributed by atoms with E-state index in [4.69, 9.17) is 4.52 Å². The number of aryl methyl sites for hydroxylation is 2. The summed E-state index contributed by atoms with van der Waals surface area (Å²) in [5.74, 6) is 1.76. The Labute approximate surface area is 183 Å². The third-order valence-corrected chi connectivity index (χ3v) is 7.36. The molecule has 0 atom stereocenters. The monoisotopic (exact) mass is 428 g/mol. The number of thioether (sulfide) groups is 1. The van der Waals surface area contributed by atoms with Gasteiger partial charge in [0.15, 0.2) is 0 Å². The van der Waals surface area contributed by atoms with E-state index in [1.807, 2.05) is 43.0 Å². The molecule has 2 fully saturated rings. The number of piperazine rings is 1. The highest BCUT2D eigenvalue weighted by Gasteiger charge is 2.24. The van der Waals surface area contributed by atoms with E-state index >= 15 is 0 Å². The van der Waals surface area contributed by atoms with E-state index in [0.29, 0.717) is 0 Å². The predicted octanol–water partition coefficient (Wildman–Crippen LogP) is 3.44. The summed E-state index contributed by atoms with van der Waals surface area (Å²) in [5, 5.41) is 4.04. The van der Waals surface area contributed by atoms with Crippen LogP contribution in [0, 0.1) is 13.8 Å². The number of hydrogen-bond donors (Lipinski definition) is 0. The van der Waals surface area contributed by atoms with Crippen molar-refractivity contribution < 1.29 is 9.32 Å². The molecule has 0 saturated carbocycles. The Hall–Kier alpha value is -1.83. The van der Waals surface area contributed by atoms with E-state index in [9.17, 15) is 4.79 Å². The average Bonchev–Trinajstić information content (AvgIpc) is 3.41. The number of aromatic nitrogens is 1. The molecule has 2 aromatic rings. The smallest absolute Gasteiger partial charge is 0.255 e. The van der Waals surface area contributed by atoms with Crippen LogP contribution in [0.25, 0.3) is 0 Å². The zero-order valence-electron chi connectivity index (χ0n) is 18.1. The summed E-state index contributed by atoms with van der Waals surface area (Å²) in [5.41, 5.74) is 2.85. The van der Waals surface area contributed by atoms with Gasteiger partial charge in [-0.15, -0.1) is 11.8 Å². The first-order valence-electron chi connectivity index (χ1n) is 11.0. The molecule has 0 unspecified atom stereocenters. The molecule has 7 heteroatoms. The molecule has 0 spiro atoms. The van der Waals surface area contributed by atoms with Crippen molar-refractivity contribution in [2.24, 2.45) is 0 Å². The van der Waals surface area contributed by atoms with E-state index in [0.717, 1.165) is 72.5 Å². The summed E-state index contributed by atoms with van der Waals surface area (Å²) in [6.45, 7) is 12.2. The maximum atomic E-state index is 13.2. The van der Waals surface area contributed by atoms with E-state index in [1.165, 1.54) is 25.9 Å². The van der Waals surface area contributed by atoms with Gasteiger partial charge in [0, 0.05) is 55.5 Å². The second-order valence-corrected chi connectivity index (χ2v) is 9.29. The lowest BCUT2D eigenvalue weighted by atomic mass is 10.2. The van der Waals surface area contributed by atoms with Crippen LogP contribution in [-0.2, 0) is 5.75 Å². The van der Waals surface area contributed by atoms with Crippen LogP contribution in [0.3, 0.4) is 0 Å². The molecule has 1 aromatic heterocycles. The van der Waals surface area contributed by atoms with Crippen LogP contribution in [0.2, 0.25) is 0 Å². The molecule has 6 nitrogen and oxygen atoms in total. The number of likely N-dealkylation sites (tertiary alicyclic amines) is 1. The number of benzene rings is 1. The molecule has 2 aliphatic heterocycles. The Kier molecular flexibility index (Phi) is 7.12. The first-order valence-corrected chi connectivity index (χ1v) is 12.0. The standard InChI is InChI=1S/C23H32N4O2S/c1-18-21(19(2)29-24-18)17-30-22-8-4-3-7-20(22)23(28)27-15-13-26(14-16-27)12-11-25-9-5-6-10-25/h3-4,7-8H,5-6,9-17H2,1-2H3. The fraction of sp³-hybridized carbons (Fsp3) is 0.565. The lowest BCUT2D eigenvalue weighted by molar-refractivity contribution is 0.0623. The summed E-state index contributed by atoms with van der Waals surface area (Å²) >= 11 is 1.68. The van der Waals surface area contributed by atoms with Crippen molar-refractivity contribution in [3.63, 3.8) is 0 Å². The summed E-state index contributed by atoms with van der Waals surface area (Å²) in [7, 11) is 0. The van der Waals surface area contributed by atoms with Crippen LogP contribution < -0.4 is 0 Å². The van der Waals surface area contributed by atoms with Crippen molar-refractivity contribution >= 4 is 17.7 Å². The quantitative estimate of drug-likeness (QED) is 0.630. The maximum Gasteiger partial charge on any atom is 0.255 e. The van der Waals surface area contributed by atoms with Crippen molar-refractivity contribution in [3.05, 3.63) is 46.8 Å². The minimum atomic E-state index is 0.149. The first kappa shape index (κ1) is 21.4. The highest BCUT2D eigenvalue weighted by atomic mass is 32.2. The number of carbonyl (C=O) groups is 1. The van der Waals surface area contributed by atoms with Crippen LogP contribution in [0.1, 0.15) is 40.2 Å². The second-order valence-electron chi connectivity index (χ2n) is 8.27. The molecular formula is C23H32N4O2S. The van der Waals surface area contributed by atoms with Crippen LogP contribution in [0.4, 0.5) is 0 Å². The molecule has 2 aliphatic rings. The van der Waals surface area contributed by atoms with E-state index in [1.54, 1.807) is 11.8 Å². The number of hydrogen-bond acceptors (Lipinski definition) is 6. The van der Waals surface area contributed by atoms with E-state index < -0.39 is 0 Å². The molecule has 0 aliphatic carbocycles. The van der Waals surface area contributed by atoms with Gasteiger partial charge >= 0.3 is 0 Å². The lowest BCUT2D eigenvalue weighted by Gasteiger charge is -2.35. The summed E-state index contributed by atoms with van der Waals surface area (Å²) < 4.78 is 5.27. The minimum Gasteiger partial charge on any atom is -0.361 e. The lowest BCUT2D eigenvalue weighted by Crippen LogP contribution is -2.50. The van der Waals surface area contributed by atoms with Gasteiger partial charge in [-0.25, -0.2) is 0 Å². The number of amides is 1. The van der Waals surface area contributed by atoms with E-state index in [-0.39, 0.29) is 5.91 Å². The Morgan fingerprint density at radius 2 is 1.67 bits per heavy atom. The van der Waals surface area contributed by atoms with Gasteiger partial charge < -0.3 is 14.3 Å². The maximum absolute atomic E-state index is 13.2. The normalized spacial score (nSPS) is 18.3. The fourth-order valence-corrected chi connectivity index (χ4v) is 5.46. The minimum absolute atomic E-state index is 0.149. The van der Waals surface area contributed by atoms with Gasteiger partial charge in [0.05, 0.1) is 11.3 Å². The van der Waals surface area contributed by atoms with Crippen LogP contribution in [0.5, 0.6) is 0 Å². The molecule has 1 amide bonds. The van der Waals surface area contributed by atoms with Gasteiger partial charge in [0.25, 0.3) is 5.91 Å². The summed E-state index contributed by atoms with van der Waals surface area (Å²) in [6, 6.07) is 7.96. The van der Waals surface area contributed by atoms with Crippen LogP contribution in [0.15, 0.2) is 33.7 Å². The van der Waals surface area contributed by atoms with Crippen LogP contribution in [-0.4, -0.2) is 78.1 Å². The van der Waals surface area contributed by atoms with Gasteiger partial charge in [0.1, 0.15) is 5.76 Å². The zero-order chi connectivity index (χ0) is 20.9. The topological polar surface area (TPSA) is 52.8 Å². The third-order valence-electron chi connectivity index (χ3n) is 6.26. The number of nitrogens with zero attached hydrogens (tertiary/aromatic N) is 4. The van der Waals surface area contributed by atoms with E-state index in [2.05, 4.69) is 15.0 Å². The van der Waals surface area contributed by atoms with Gasteiger partial charge in [-0.05, 0) is 51.9 Å². The van der Waals surface area contributed by atoms with Crippen molar-refractivity contribution in [1.82, 2.24) is 19.9 Å². The molecule has 0 radical (unpaired) electrons. The summed E-state index contributed by atoms with van der Waals surface area (Å²) in [6.07, 6.45) is 2.69. The van der Waals surface area contributed by atoms with Crippen molar-refractivity contribution in [2.45, 2.75) is 37.3 Å². The number of rotatable bonds is 7. The number of carbonyl (C=O) groups excluding carboxylic acids is 1. The molecule has 3 heterocycles. The molecule has 4 rings (SSSR count).